The van der Waals surface area contributed by atoms with Crippen LogP contribution in [0.15, 0.2) is 4.47 Å². The van der Waals surface area contributed by atoms with Gasteiger partial charge in [0.05, 0.1) is 10.2 Å². The zero-order valence-electron chi connectivity index (χ0n) is 12.4. The first kappa shape index (κ1) is 15.7. The fourth-order valence-corrected chi connectivity index (χ4v) is 3.93. The molecular weight excluding hydrogens is 352 g/mol. The van der Waals surface area contributed by atoms with Gasteiger partial charge in [-0.25, -0.2) is 9.97 Å². The van der Waals surface area contributed by atoms with Gasteiger partial charge in [0.15, 0.2) is 5.82 Å². The maximum atomic E-state index is 6.32. The lowest BCUT2D eigenvalue weighted by atomic mass is 9.85. The van der Waals surface area contributed by atoms with Crippen molar-refractivity contribution in [1.29, 1.82) is 0 Å². The van der Waals surface area contributed by atoms with Crippen molar-refractivity contribution in [1.82, 2.24) is 9.97 Å². The zero-order valence-corrected chi connectivity index (χ0v) is 14.8. The number of nitrogens with zero attached hydrogens (tertiary/aromatic N) is 2. The molecule has 2 aliphatic rings. The van der Waals surface area contributed by atoms with Crippen LogP contribution in [0.5, 0.6) is 0 Å². The summed E-state index contributed by atoms with van der Waals surface area (Å²) in [7, 11) is 0. The molecule has 116 valence electrons. The lowest BCUT2D eigenvalue weighted by molar-refractivity contribution is -0.000342. The SMILES string of the molecule is CCOC(c1nc(Cl)c(Br)c(C2CC2)n1)C1CCCCC1. The van der Waals surface area contributed by atoms with Gasteiger partial charge in [0, 0.05) is 12.5 Å². The second kappa shape index (κ2) is 6.93. The van der Waals surface area contributed by atoms with Crippen LogP contribution in [-0.2, 0) is 4.74 Å². The summed E-state index contributed by atoms with van der Waals surface area (Å²) in [5.41, 5.74) is 1.07. The van der Waals surface area contributed by atoms with Gasteiger partial charge in [-0.3, -0.25) is 0 Å². The Labute approximate surface area is 140 Å². The summed E-state index contributed by atoms with van der Waals surface area (Å²) < 4.78 is 6.89. The summed E-state index contributed by atoms with van der Waals surface area (Å²) in [5.74, 6) is 1.87. The molecule has 0 N–H and O–H groups in total. The van der Waals surface area contributed by atoms with Gasteiger partial charge in [-0.2, -0.15) is 0 Å². The molecule has 5 heteroatoms. The van der Waals surface area contributed by atoms with Crippen molar-refractivity contribution >= 4 is 27.5 Å². The monoisotopic (exact) mass is 372 g/mol. The maximum absolute atomic E-state index is 6.32. The van der Waals surface area contributed by atoms with Crippen molar-refractivity contribution < 1.29 is 4.74 Å². The summed E-state index contributed by atoms with van der Waals surface area (Å²) in [6.07, 6.45) is 8.73. The average Bonchev–Trinajstić information content (AvgIpc) is 3.33. The first-order valence-corrected chi connectivity index (χ1v) is 9.22. The molecule has 3 rings (SSSR count). The van der Waals surface area contributed by atoms with Crippen LogP contribution in [0.1, 0.15) is 75.4 Å². The van der Waals surface area contributed by atoms with Crippen LogP contribution < -0.4 is 0 Å². The Morgan fingerprint density at radius 3 is 2.52 bits per heavy atom. The van der Waals surface area contributed by atoms with E-state index in [2.05, 4.69) is 20.9 Å². The normalized spacial score (nSPS) is 21.5. The van der Waals surface area contributed by atoms with E-state index in [0.29, 0.717) is 23.6 Å². The molecule has 1 heterocycles. The van der Waals surface area contributed by atoms with E-state index in [1.165, 1.54) is 44.9 Å². The molecule has 0 bridgehead atoms. The fourth-order valence-electron chi connectivity index (χ4n) is 3.25. The third kappa shape index (κ3) is 3.59. The largest absolute Gasteiger partial charge is 0.370 e. The van der Waals surface area contributed by atoms with Gasteiger partial charge in [0.1, 0.15) is 11.3 Å². The number of rotatable bonds is 5. The quantitative estimate of drug-likeness (QED) is 0.646. The minimum absolute atomic E-state index is 0.00148. The molecule has 0 amide bonds. The Hall–Kier alpha value is -0.190. The highest BCUT2D eigenvalue weighted by atomic mass is 79.9. The molecule has 2 saturated carbocycles. The van der Waals surface area contributed by atoms with Gasteiger partial charge in [0.2, 0.25) is 0 Å². The van der Waals surface area contributed by atoms with E-state index >= 15 is 0 Å². The van der Waals surface area contributed by atoms with Crippen LogP contribution in [-0.4, -0.2) is 16.6 Å². The number of hydrogen-bond acceptors (Lipinski definition) is 3. The Morgan fingerprint density at radius 2 is 1.90 bits per heavy atom. The Kier molecular flexibility index (Phi) is 5.18. The van der Waals surface area contributed by atoms with Gasteiger partial charge < -0.3 is 4.74 Å². The van der Waals surface area contributed by atoms with Crippen LogP contribution in [0, 0.1) is 5.92 Å². The molecule has 3 nitrogen and oxygen atoms in total. The predicted octanol–water partition coefficient (Wildman–Crippen LogP) is 5.43. The van der Waals surface area contributed by atoms with Crippen LogP contribution in [0.25, 0.3) is 0 Å². The Balaban J connectivity index is 1.90. The standard InChI is InChI=1S/C16H22BrClN2O/c1-2-21-14(11-6-4-3-5-7-11)16-19-13(10-8-9-10)12(17)15(18)20-16/h10-11,14H,2-9H2,1H3. The van der Waals surface area contributed by atoms with Crippen molar-refractivity contribution in [2.45, 2.75) is 63.9 Å². The van der Waals surface area contributed by atoms with Crippen LogP contribution in [0.3, 0.4) is 0 Å². The average molecular weight is 374 g/mol. The van der Waals surface area contributed by atoms with Crippen molar-refractivity contribution in [3.63, 3.8) is 0 Å². The topological polar surface area (TPSA) is 35.0 Å². The van der Waals surface area contributed by atoms with E-state index in [1.54, 1.807) is 0 Å². The number of aromatic nitrogens is 2. The Morgan fingerprint density at radius 1 is 1.19 bits per heavy atom. The lowest BCUT2D eigenvalue weighted by Gasteiger charge is -2.29. The Bertz CT molecular complexity index is 501. The van der Waals surface area contributed by atoms with E-state index in [1.807, 2.05) is 6.92 Å². The molecule has 0 spiro atoms. The highest BCUT2D eigenvalue weighted by molar-refractivity contribution is 9.10. The number of ether oxygens (including phenoxy) is 1. The van der Waals surface area contributed by atoms with Crippen molar-refractivity contribution in [2.75, 3.05) is 6.61 Å². The first-order chi connectivity index (χ1) is 10.2. The molecule has 1 unspecified atom stereocenters. The van der Waals surface area contributed by atoms with Gasteiger partial charge in [-0.05, 0) is 54.5 Å². The molecule has 0 aliphatic heterocycles. The summed E-state index contributed by atoms with van der Waals surface area (Å²) in [6.45, 7) is 2.73. The molecule has 0 aromatic carbocycles. The van der Waals surface area contributed by atoms with Crippen LogP contribution >= 0.6 is 27.5 Å². The molecule has 2 fully saturated rings. The minimum atomic E-state index is -0.00148. The molecule has 1 aromatic heterocycles. The summed E-state index contributed by atoms with van der Waals surface area (Å²) in [6, 6.07) is 0. The molecule has 0 saturated heterocycles. The maximum Gasteiger partial charge on any atom is 0.159 e. The van der Waals surface area contributed by atoms with E-state index in [0.717, 1.165) is 16.0 Å². The number of halogens is 2. The predicted molar refractivity (Wildman–Crippen MR) is 87.7 cm³/mol. The summed E-state index contributed by atoms with van der Waals surface area (Å²) >= 11 is 9.86. The smallest absolute Gasteiger partial charge is 0.159 e. The summed E-state index contributed by atoms with van der Waals surface area (Å²) in [4.78, 5) is 9.34. The molecule has 1 aromatic rings. The third-order valence-corrected chi connectivity index (χ3v) is 5.78. The first-order valence-electron chi connectivity index (χ1n) is 8.05. The second-order valence-electron chi connectivity index (χ2n) is 6.12. The summed E-state index contributed by atoms with van der Waals surface area (Å²) in [5, 5.41) is 0.530. The van der Waals surface area contributed by atoms with E-state index in [4.69, 9.17) is 21.3 Å². The van der Waals surface area contributed by atoms with Gasteiger partial charge >= 0.3 is 0 Å². The van der Waals surface area contributed by atoms with Gasteiger partial charge in [-0.1, -0.05) is 30.9 Å². The zero-order chi connectivity index (χ0) is 14.8. The highest BCUT2D eigenvalue weighted by Crippen LogP contribution is 2.45. The van der Waals surface area contributed by atoms with E-state index in [-0.39, 0.29) is 6.10 Å². The van der Waals surface area contributed by atoms with E-state index in [9.17, 15) is 0 Å². The molecule has 21 heavy (non-hydrogen) atoms. The van der Waals surface area contributed by atoms with Crippen LogP contribution in [0.2, 0.25) is 5.15 Å². The van der Waals surface area contributed by atoms with E-state index < -0.39 is 0 Å². The van der Waals surface area contributed by atoms with Crippen molar-refractivity contribution in [3.8, 4) is 0 Å². The van der Waals surface area contributed by atoms with Crippen LogP contribution in [0.4, 0.5) is 0 Å². The van der Waals surface area contributed by atoms with Crippen molar-refractivity contribution in [3.05, 3.63) is 21.1 Å². The van der Waals surface area contributed by atoms with Gasteiger partial charge in [0.25, 0.3) is 0 Å². The number of hydrogen-bond donors (Lipinski definition) is 0. The third-order valence-electron chi connectivity index (χ3n) is 4.50. The van der Waals surface area contributed by atoms with Crippen molar-refractivity contribution in [2.24, 2.45) is 5.92 Å². The lowest BCUT2D eigenvalue weighted by Crippen LogP contribution is -2.22. The fraction of sp³-hybridized carbons (Fsp3) is 0.750. The highest BCUT2D eigenvalue weighted by Gasteiger charge is 2.33. The minimum Gasteiger partial charge on any atom is -0.370 e. The molecule has 1 atom stereocenters. The molecule has 0 radical (unpaired) electrons. The van der Waals surface area contributed by atoms with Gasteiger partial charge in [-0.15, -0.1) is 0 Å². The molecular formula is C16H22BrClN2O. The molecule has 2 aliphatic carbocycles. The second-order valence-corrected chi connectivity index (χ2v) is 7.27.